The van der Waals surface area contributed by atoms with Crippen molar-refractivity contribution in [1.82, 2.24) is 4.98 Å². The smallest absolute Gasteiger partial charge is 0.357 e. The number of carbonyl (C=O) groups is 2. The van der Waals surface area contributed by atoms with Crippen LogP contribution in [-0.2, 0) is 23.7 Å². The number of carbonyl (C=O) groups excluding carboxylic acids is 2. The SMILES string of the molecule is CC1COCCOCCOCCOC(=O)c2cccc(n2)C(=O)O1. The van der Waals surface area contributed by atoms with Crippen molar-refractivity contribution in [2.75, 3.05) is 46.2 Å². The zero-order valence-electron chi connectivity index (χ0n) is 13.6. The molecule has 0 spiro atoms. The second-order valence-corrected chi connectivity index (χ2v) is 5.06. The lowest BCUT2D eigenvalue weighted by atomic mass is 10.3. The van der Waals surface area contributed by atoms with Crippen LogP contribution in [0.5, 0.6) is 0 Å². The fraction of sp³-hybridized carbons (Fsp3) is 0.562. The molecule has 0 aliphatic carbocycles. The number of hydrogen-bond acceptors (Lipinski definition) is 8. The molecule has 2 rings (SSSR count). The van der Waals surface area contributed by atoms with E-state index in [0.717, 1.165) is 0 Å². The Morgan fingerprint density at radius 2 is 1.46 bits per heavy atom. The molecule has 1 atom stereocenters. The standard InChI is InChI=1S/C16H21NO7/c1-12-11-22-8-7-20-5-6-21-9-10-23-15(18)13-3-2-4-14(17-13)16(19)24-12/h2-4,12H,5-11H2,1H3. The van der Waals surface area contributed by atoms with Gasteiger partial charge in [-0.05, 0) is 19.1 Å². The van der Waals surface area contributed by atoms with E-state index in [1.165, 1.54) is 12.1 Å². The maximum atomic E-state index is 12.1. The molecule has 0 radical (unpaired) electrons. The van der Waals surface area contributed by atoms with Crippen LogP contribution in [0, 0.1) is 0 Å². The van der Waals surface area contributed by atoms with E-state index in [2.05, 4.69) is 4.98 Å². The molecule has 0 amide bonds. The molecule has 8 heteroatoms. The average Bonchev–Trinajstić information content (AvgIpc) is 2.58. The van der Waals surface area contributed by atoms with Crippen LogP contribution in [-0.4, -0.2) is 69.3 Å². The highest BCUT2D eigenvalue weighted by Crippen LogP contribution is 2.06. The molecule has 1 unspecified atom stereocenters. The van der Waals surface area contributed by atoms with E-state index in [1.807, 2.05) is 0 Å². The topological polar surface area (TPSA) is 93.2 Å². The second kappa shape index (κ2) is 9.96. The maximum absolute atomic E-state index is 12.1. The highest BCUT2D eigenvalue weighted by molar-refractivity contribution is 5.91. The Morgan fingerprint density at radius 1 is 0.875 bits per heavy atom. The fourth-order valence-corrected chi connectivity index (χ4v) is 1.90. The van der Waals surface area contributed by atoms with Gasteiger partial charge in [0.05, 0.1) is 39.6 Å². The van der Waals surface area contributed by atoms with E-state index in [0.29, 0.717) is 26.4 Å². The number of pyridine rings is 1. The summed E-state index contributed by atoms with van der Waals surface area (Å²) in [6.45, 7) is 3.94. The van der Waals surface area contributed by atoms with Gasteiger partial charge in [0.15, 0.2) is 0 Å². The molecule has 1 aromatic heterocycles. The molecule has 1 aliphatic heterocycles. The number of hydrogen-bond donors (Lipinski definition) is 0. The van der Waals surface area contributed by atoms with Crippen LogP contribution in [0.3, 0.4) is 0 Å². The fourth-order valence-electron chi connectivity index (χ4n) is 1.90. The van der Waals surface area contributed by atoms with Crippen LogP contribution >= 0.6 is 0 Å². The summed E-state index contributed by atoms with van der Waals surface area (Å²) in [6.07, 6.45) is -0.447. The summed E-state index contributed by atoms with van der Waals surface area (Å²) >= 11 is 0. The van der Waals surface area contributed by atoms with Crippen molar-refractivity contribution in [1.29, 1.82) is 0 Å². The number of cyclic esters (lactones) is 2. The minimum absolute atomic E-state index is 0.0389. The first-order valence-electron chi connectivity index (χ1n) is 7.75. The first kappa shape index (κ1) is 18.3. The van der Waals surface area contributed by atoms with E-state index < -0.39 is 18.0 Å². The highest BCUT2D eigenvalue weighted by atomic mass is 16.6. The van der Waals surface area contributed by atoms with Gasteiger partial charge >= 0.3 is 11.9 Å². The second-order valence-electron chi connectivity index (χ2n) is 5.06. The number of fused-ring (bicyclic) bond motifs is 2. The largest absolute Gasteiger partial charge is 0.459 e. The van der Waals surface area contributed by atoms with Gasteiger partial charge < -0.3 is 23.7 Å². The van der Waals surface area contributed by atoms with Crippen LogP contribution in [0.1, 0.15) is 27.9 Å². The summed E-state index contributed by atoms with van der Waals surface area (Å²) in [4.78, 5) is 27.9. The van der Waals surface area contributed by atoms with Crippen molar-refractivity contribution < 1.29 is 33.3 Å². The monoisotopic (exact) mass is 339 g/mol. The lowest BCUT2D eigenvalue weighted by Gasteiger charge is -2.14. The van der Waals surface area contributed by atoms with E-state index in [9.17, 15) is 9.59 Å². The van der Waals surface area contributed by atoms with E-state index in [-0.39, 0.29) is 31.2 Å². The molecule has 2 bridgehead atoms. The Balaban J connectivity index is 2.01. The van der Waals surface area contributed by atoms with Gasteiger partial charge in [-0.15, -0.1) is 0 Å². The molecule has 24 heavy (non-hydrogen) atoms. The molecule has 132 valence electrons. The van der Waals surface area contributed by atoms with E-state index in [4.69, 9.17) is 23.7 Å². The summed E-state index contributed by atoms with van der Waals surface area (Å²) < 4.78 is 26.2. The number of aromatic nitrogens is 1. The summed E-state index contributed by atoms with van der Waals surface area (Å²) in [5, 5.41) is 0. The predicted octanol–water partition coefficient (Wildman–Crippen LogP) is 0.847. The number of nitrogens with zero attached hydrogens (tertiary/aromatic N) is 1. The molecular weight excluding hydrogens is 318 g/mol. The van der Waals surface area contributed by atoms with Gasteiger partial charge in [0.1, 0.15) is 24.1 Å². The number of ether oxygens (including phenoxy) is 5. The Bertz CT molecular complexity index is 549. The predicted molar refractivity (Wildman–Crippen MR) is 81.9 cm³/mol. The molecule has 0 N–H and O–H groups in total. The number of rotatable bonds is 0. The summed E-state index contributed by atoms with van der Waals surface area (Å²) in [5.41, 5.74) is 0.0785. The van der Waals surface area contributed by atoms with Gasteiger partial charge in [-0.2, -0.15) is 0 Å². The molecule has 8 nitrogen and oxygen atoms in total. The zero-order chi connectivity index (χ0) is 17.2. The first-order valence-corrected chi connectivity index (χ1v) is 7.75. The first-order chi connectivity index (χ1) is 11.7. The lowest BCUT2D eigenvalue weighted by molar-refractivity contribution is -0.0224. The van der Waals surface area contributed by atoms with Crippen LogP contribution in [0.15, 0.2) is 18.2 Å². The van der Waals surface area contributed by atoms with Gasteiger partial charge in [-0.25, -0.2) is 14.6 Å². The molecular formula is C16H21NO7. The van der Waals surface area contributed by atoms with Crippen molar-refractivity contribution in [2.24, 2.45) is 0 Å². The minimum Gasteiger partial charge on any atom is -0.459 e. The van der Waals surface area contributed by atoms with Crippen LogP contribution in [0.25, 0.3) is 0 Å². The highest BCUT2D eigenvalue weighted by Gasteiger charge is 2.17. The van der Waals surface area contributed by atoms with Gasteiger partial charge in [-0.1, -0.05) is 6.07 Å². The van der Waals surface area contributed by atoms with Crippen molar-refractivity contribution >= 4 is 11.9 Å². The molecule has 0 fully saturated rings. The molecule has 0 saturated carbocycles. The molecule has 0 saturated heterocycles. The summed E-state index contributed by atoms with van der Waals surface area (Å²) in [6, 6.07) is 4.49. The van der Waals surface area contributed by atoms with Gasteiger partial charge in [0, 0.05) is 0 Å². The minimum atomic E-state index is -0.624. The summed E-state index contributed by atoms with van der Waals surface area (Å²) in [7, 11) is 0. The Hall–Kier alpha value is -2.03. The van der Waals surface area contributed by atoms with Crippen LogP contribution in [0.4, 0.5) is 0 Å². The van der Waals surface area contributed by atoms with Gasteiger partial charge in [0.25, 0.3) is 0 Å². The third-order valence-corrected chi connectivity index (χ3v) is 3.03. The van der Waals surface area contributed by atoms with Gasteiger partial charge in [-0.3, -0.25) is 0 Å². The molecule has 2 heterocycles. The van der Waals surface area contributed by atoms with Gasteiger partial charge in [0.2, 0.25) is 0 Å². The van der Waals surface area contributed by atoms with Crippen LogP contribution < -0.4 is 0 Å². The van der Waals surface area contributed by atoms with Crippen molar-refractivity contribution in [2.45, 2.75) is 13.0 Å². The lowest BCUT2D eigenvalue weighted by Crippen LogP contribution is -2.23. The normalized spacial score (nSPS) is 22.0. The Morgan fingerprint density at radius 3 is 2.17 bits per heavy atom. The van der Waals surface area contributed by atoms with Crippen molar-refractivity contribution in [3.05, 3.63) is 29.6 Å². The van der Waals surface area contributed by atoms with E-state index in [1.54, 1.807) is 13.0 Å². The van der Waals surface area contributed by atoms with Crippen molar-refractivity contribution in [3.8, 4) is 0 Å². The Labute approximate surface area is 140 Å². The Kier molecular flexibility index (Phi) is 7.60. The molecule has 1 aromatic rings. The maximum Gasteiger partial charge on any atom is 0.357 e. The summed E-state index contributed by atoms with van der Waals surface area (Å²) in [5.74, 6) is -1.25. The third-order valence-electron chi connectivity index (χ3n) is 3.03. The third kappa shape index (κ3) is 6.23. The van der Waals surface area contributed by atoms with Crippen molar-refractivity contribution in [3.63, 3.8) is 0 Å². The molecule has 1 aliphatic rings. The average molecular weight is 339 g/mol. The van der Waals surface area contributed by atoms with E-state index >= 15 is 0 Å². The zero-order valence-corrected chi connectivity index (χ0v) is 13.6. The van der Waals surface area contributed by atoms with Crippen LogP contribution in [0.2, 0.25) is 0 Å². The number of esters is 2. The quantitative estimate of drug-likeness (QED) is 0.642. The molecule has 0 aromatic carbocycles.